The minimum Gasteiger partial charge on any atom is -0.353 e. The predicted molar refractivity (Wildman–Crippen MR) is 31.0 cm³/mol. The van der Waals surface area contributed by atoms with Gasteiger partial charge in [-0.3, -0.25) is 0 Å². The molecule has 0 aromatic heterocycles. The maximum absolute atomic E-state index is 5.42. The smallest absolute Gasteiger partial charge is 0.184 e. The fourth-order valence-electron chi connectivity index (χ4n) is 0.646. The van der Waals surface area contributed by atoms with Crippen molar-refractivity contribution in [2.75, 3.05) is 13.0 Å². The molecular formula is C5H9ClO2. The van der Waals surface area contributed by atoms with Gasteiger partial charge >= 0.3 is 0 Å². The molecule has 48 valence electrons. The minimum atomic E-state index is 0.0359. The highest BCUT2D eigenvalue weighted by atomic mass is 35.5. The van der Waals surface area contributed by atoms with Crippen molar-refractivity contribution >= 4 is 11.6 Å². The van der Waals surface area contributed by atoms with Crippen molar-refractivity contribution in [2.45, 2.75) is 18.8 Å². The number of hydrogen-bond donors (Lipinski definition) is 0. The van der Waals surface area contributed by atoms with Crippen LogP contribution in [0.3, 0.4) is 0 Å². The van der Waals surface area contributed by atoms with Gasteiger partial charge in [-0.2, -0.15) is 0 Å². The maximum Gasteiger partial charge on any atom is 0.184 e. The summed E-state index contributed by atoms with van der Waals surface area (Å²) < 4.78 is 9.85. The molecular weight excluding hydrogens is 128 g/mol. The molecule has 2 unspecified atom stereocenters. The van der Waals surface area contributed by atoms with Crippen molar-refractivity contribution in [1.29, 1.82) is 0 Å². The lowest BCUT2D eigenvalue weighted by Crippen LogP contribution is -1.95. The van der Waals surface area contributed by atoms with Gasteiger partial charge in [-0.25, -0.2) is 0 Å². The highest BCUT2D eigenvalue weighted by Crippen LogP contribution is 2.25. The third-order valence-electron chi connectivity index (χ3n) is 1.16. The molecule has 1 aliphatic heterocycles. The molecule has 0 aromatic rings. The van der Waals surface area contributed by atoms with Crippen LogP contribution in [-0.2, 0) is 9.47 Å². The van der Waals surface area contributed by atoms with Gasteiger partial charge in [0.15, 0.2) is 6.29 Å². The largest absolute Gasteiger partial charge is 0.353 e. The molecule has 0 aromatic carbocycles. The van der Waals surface area contributed by atoms with Crippen LogP contribution in [0.15, 0.2) is 0 Å². The van der Waals surface area contributed by atoms with Crippen LogP contribution >= 0.6 is 11.6 Å². The fourth-order valence-corrected chi connectivity index (χ4v) is 0.861. The Morgan fingerprint density at radius 2 is 2.50 bits per heavy atom. The van der Waals surface area contributed by atoms with Crippen molar-refractivity contribution in [2.24, 2.45) is 0 Å². The topological polar surface area (TPSA) is 21.8 Å². The van der Waals surface area contributed by atoms with Gasteiger partial charge in [-0.05, 0) is 6.42 Å². The van der Waals surface area contributed by atoms with E-state index in [2.05, 4.69) is 0 Å². The normalized spacial score (nSPS) is 35.2. The van der Waals surface area contributed by atoms with Crippen LogP contribution in [0, 0.1) is 0 Å². The summed E-state index contributed by atoms with van der Waals surface area (Å²) in [5.74, 6) is 0.657. The van der Waals surface area contributed by atoms with Crippen LogP contribution in [0.2, 0.25) is 0 Å². The van der Waals surface area contributed by atoms with Gasteiger partial charge < -0.3 is 9.47 Å². The highest BCUT2D eigenvalue weighted by molar-refractivity contribution is 6.17. The van der Waals surface area contributed by atoms with Crippen LogP contribution in [-0.4, -0.2) is 25.4 Å². The van der Waals surface area contributed by atoms with E-state index in [1.165, 1.54) is 0 Å². The van der Waals surface area contributed by atoms with Gasteiger partial charge in [-0.1, -0.05) is 0 Å². The fraction of sp³-hybridized carbons (Fsp3) is 1.00. The Balaban J connectivity index is 1.99. The Morgan fingerprint density at radius 3 is 2.88 bits per heavy atom. The van der Waals surface area contributed by atoms with E-state index in [4.69, 9.17) is 21.1 Å². The van der Waals surface area contributed by atoms with E-state index in [0.717, 1.165) is 6.42 Å². The lowest BCUT2D eigenvalue weighted by Gasteiger charge is -1.84. The van der Waals surface area contributed by atoms with Crippen molar-refractivity contribution in [3.05, 3.63) is 0 Å². The second-order valence-corrected chi connectivity index (χ2v) is 2.13. The molecule has 0 amide bonds. The molecule has 2 nitrogen and oxygen atoms in total. The quantitative estimate of drug-likeness (QED) is 0.426. The number of rotatable bonds is 3. The first-order valence-corrected chi connectivity index (χ1v) is 3.16. The van der Waals surface area contributed by atoms with Crippen molar-refractivity contribution in [3.63, 3.8) is 0 Å². The lowest BCUT2D eigenvalue weighted by molar-refractivity contribution is 0.0950. The van der Waals surface area contributed by atoms with E-state index in [1.807, 2.05) is 0 Å². The highest BCUT2D eigenvalue weighted by Gasteiger charge is 2.37. The summed E-state index contributed by atoms with van der Waals surface area (Å²) in [5.41, 5.74) is 0. The first-order valence-electron chi connectivity index (χ1n) is 2.62. The minimum absolute atomic E-state index is 0.0359. The number of halogens is 1. The summed E-state index contributed by atoms with van der Waals surface area (Å²) in [7, 11) is 1.64. The Morgan fingerprint density at radius 1 is 1.75 bits per heavy atom. The molecule has 1 rings (SSSR count). The summed E-state index contributed by atoms with van der Waals surface area (Å²) in [6.07, 6.45) is 1.21. The summed E-state index contributed by atoms with van der Waals surface area (Å²) in [5, 5.41) is 0. The first-order chi connectivity index (χ1) is 3.88. The number of ether oxygens (including phenoxy) is 2. The second-order valence-electron chi connectivity index (χ2n) is 1.76. The number of hydrogen-bond acceptors (Lipinski definition) is 2. The molecule has 2 atom stereocenters. The standard InChI is InChI=1S/C5H9ClO2/c1-7-5-4(8-5)2-3-6/h4-5H,2-3H2,1H3. The molecule has 0 bridgehead atoms. The molecule has 0 N–H and O–H groups in total. The molecule has 1 aliphatic rings. The van der Waals surface area contributed by atoms with E-state index in [0.29, 0.717) is 5.88 Å². The van der Waals surface area contributed by atoms with E-state index in [-0.39, 0.29) is 12.4 Å². The first kappa shape index (κ1) is 6.33. The molecule has 8 heavy (non-hydrogen) atoms. The number of alkyl halides is 1. The predicted octanol–water partition coefficient (Wildman–Crippen LogP) is 0.987. The molecule has 0 aliphatic carbocycles. The zero-order valence-electron chi connectivity index (χ0n) is 4.76. The average Bonchev–Trinajstić information content (AvgIpc) is 2.48. The van der Waals surface area contributed by atoms with Gasteiger partial charge in [-0.15, -0.1) is 11.6 Å². The van der Waals surface area contributed by atoms with Crippen molar-refractivity contribution in [3.8, 4) is 0 Å². The molecule has 1 saturated heterocycles. The molecule has 0 saturated carbocycles. The molecule has 1 heterocycles. The van der Waals surface area contributed by atoms with Crippen LogP contribution in [0.25, 0.3) is 0 Å². The van der Waals surface area contributed by atoms with Crippen LogP contribution in [0.5, 0.6) is 0 Å². The van der Waals surface area contributed by atoms with Crippen molar-refractivity contribution in [1.82, 2.24) is 0 Å². The molecule has 1 fully saturated rings. The third-order valence-corrected chi connectivity index (χ3v) is 1.38. The van der Waals surface area contributed by atoms with Crippen LogP contribution < -0.4 is 0 Å². The Bertz CT molecular complexity index is 76.8. The van der Waals surface area contributed by atoms with Gasteiger partial charge in [0.05, 0.1) is 0 Å². The van der Waals surface area contributed by atoms with Gasteiger partial charge in [0.25, 0.3) is 0 Å². The second kappa shape index (κ2) is 2.67. The average molecular weight is 137 g/mol. The number of epoxide rings is 1. The van der Waals surface area contributed by atoms with Gasteiger partial charge in [0.1, 0.15) is 6.10 Å². The summed E-state index contributed by atoms with van der Waals surface area (Å²) >= 11 is 5.42. The Kier molecular flexibility index (Phi) is 2.11. The number of methoxy groups -OCH3 is 1. The van der Waals surface area contributed by atoms with Crippen molar-refractivity contribution < 1.29 is 9.47 Å². The van der Waals surface area contributed by atoms with E-state index in [1.54, 1.807) is 7.11 Å². The van der Waals surface area contributed by atoms with E-state index < -0.39 is 0 Å². The zero-order chi connectivity index (χ0) is 5.98. The Labute approximate surface area is 53.7 Å². The van der Waals surface area contributed by atoms with E-state index >= 15 is 0 Å². The Hall–Kier alpha value is 0.210. The molecule has 3 heteroatoms. The van der Waals surface area contributed by atoms with Gasteiger partial charge in [0.2, 0.25) is 0 Å². The summed E-state index contributed by atoms with van der Waals surface area (Å²) in [6.45, 7) is 0. The summed E-state index contributed by atoms with van der Waals surface area (Å²) in [4.78, 5) is 0. The van der Waals surface area contributed by atoms with Gasteiger partial charge in [0, 0.05) is 13.0 Å². The molecule has 0 spiro atoms. The van der Waals surface area contributed by atoms with Crippen LogP contribution in [0.4, 0.5) is 0 Å². The maximum atomic E-state index is 5.42. The molecule has 0 radical (unpaired) electrons. The van der Waals surface area contributed by atoms with E-state index in [9.17, 15) is 0 Å². The third kappa shape index (κ3) is 1.34. The lowest BCUT2D eigenvalue weighted by atomic mass is 10.4. The SMILES string of the molecule is COC1OC1CCCl. The van der Waals surface area contributed by atoms with Crippen LogP contribution in [0.1, 0.15) is 6.42 Å². The summed E-state index contributed by atoms with van der Waals surface area (Å²) in [6, 6.07) is 0. The zero-order valence-corrected chi connectivity index (χ0v) is 5.52. The monoisotopic (exact) mass is 136 g/mol.